The smallest absolute Gasteiger partial charge is 0.307 e. The molecule has 0 aromatic heterocycles. The Hall–Kier alpha value is -3.04. The second kappa shape index (κ2) is 7.68. The van der Waals surface area contributed by atoms with Crippen molar-refractivity contribution in [2.24, 2.45) is 0 Å². The lowest BCUT2D eigenvalue weighted by atomic mass is 10.1. The third kappa shape index (κ3) is 4.21. The molecular formula is C18H12N2O5S2. The molecule has 0 aliphatic carbocycles. The van der Waals surface area contributed by atoms with Crippen molar-refractivity contribution in [3.05, 3.63) is 74.7 Å². The summed E-state index contributed by atoms with van der Waals surface area (Å²) in [5, 5.41) is 19.7. The van der Waals surface area contributed by atoms with Crippen LogP contribution in [0.15, 0.2) is 53.4 Å². The van der Waals surface area contributed by atoms with Gasteiger partial charge in [0.25, 0.3) is 11.6 Å². The molecule has 0 spiro atoms. The van der Waals surface area contributed by atoms with Crippen molar-refractivity contribution in [2.75, 3.05) is 4.90 Å². The number of nitro benzene ring substituents is 1. The molecule has 0 atom stereocenters. The van der Waals surface area contributed by atoms with E-state index >= 15 is 0 Å². The maximum atomic E-state index is 12.7. The van der Waals surface area contributed by atoms with Crippen LogP contribution in [0.1, 0.15) is 11.1 Å². The van der Waals surface area contributed by atoms with E-state index in [0.29, 0.717) is 26.0 Å². The first-order valence-corrected chi connectivity index (χ1v) is 8.91. The molecule has 0 bridgehead atoms. The van der Waals surface area contributed by atoms with E-state index in [-0.39, 0.29) is 18.0 Å². The van der Waals surface area contributed by atoms with E-state index < -0.39 is 10.9 Å². The number of aliphatic carboxylic acids is 1. The zero-order chi connectivity index (χ0) is 19.6. The molecule has 1 fully saturated rings. The van der Waals surface area contributed by atoms with Gasteiger partial charge in [-0.3, -0.25) is 24.6 Å². The number of thiocarbonyl (C=S) groups is 1. The van der Waals surface area contributed by atoms with Crippen LogP contribution < -0.4 is 4.90 Å². The van der Waals surface area contributed by atoms with Gasteiger partial charge in [0.15, 0.2) is 4.32 Å². The molecule has 1 amide bonds. The normalized spacial score (nSPS) is 15.4. The third-order valence-corrected chi connectivity index (χ3v) is 5.02. The van der Waals surface area contributed by atoms with Crippen LogP contribution in [0, 0.1) is 10.1 Å². The molecule has 1 heterocycles. The largest absolute Gasteiger partial charge is 0.481 e. The van der Waals surface area contributed by atoms with E-state index in [1.165, 1.54) is 17.0 Å². The topological polar surface area (TPSA) is 101 Å². The van der Waals surface area contributed by atoms with Crippen molar-refractivity contribution in [2.45, 2.75) is 6.42 Å². The highest BCUT2D eigenvalue weighted by atomic mass is 32.2. The molecule has 27 heavy (non-hydrogen) atoms. The molecule has 9 heteroatoms. The maximum absolute atomic E-state index is 12.7. The second-order valence-corrected chi connectivity index (χ2v) is 7.28. The number of carbonyl (C=O) groups excluding carboxylic acids is 1. The van der Waals surface area contributed by atoms with Crippen molar-refractivity contribution in [1.82, 2.24) is 0 Å². The predicted octanol–water partition coefficient (Wildman–Crippen LogP) is 3.63. The van der Waals surface area contributed by atoms with Gasteiger partial charge in [-0.2, -0.15) is 0 Å². The highest BCUT2D eigenvalue weighted by Gasteiger charge is 2.33. The summed E-state index contributed by atoms with van der Waals surface area (Å²) in [5.41, 5.74) is 1.62. The number of amides is 1. The first-order chi connectivity index (χ1) is 12.8. The minimum absolute atomic E-state index is 0.0618. The van der Waals surface area contributed by atoms with Gasteiger partial charge < -0.3 is 5.11 Å². The Morgan fingerprint density at radius 2 is 1.96 bits per heavy atom. The molecule has 3 rings (SSSR count). The molecule has 0 unspecified atom stereocenters. The maximum Gasteiger partial charge on any atom is 0.307 e. The summed E-state index contributed by atoms with van der Waals surface area (Å²) >= 11 is 6.39. The van der Waals surface area contributed by atoms with Crippen LogP contribution in [0.25, 0.3) is 6.08 Å². The van der Waals surface area contributed by atoms with E-state index in [4.69, 9.17) is 17.3 Å². The number of anilines is 1. The second-order valence-electron chi connectivity index (χ2n) is 5.61. The number of hydrogen-bond donors (Lipinski definition) is 1. The molecule has 1 saturated heterocycles. The molecule has 136 valence electrons. The summed E-state index contributed by atoms with van der Waals surface area (Å²) in [6.45, 7) is 0. The van der Waals surface area contributed by atoms with Gasteiger partial charge in [0.2, 0.25) is 0 Å². The number of carbonyl (C=O) groups is 2. The Morgan fingerprint density at radius 1 is 1.26 bits per heavy atom. The minimum Gasteiger partial charge on any atom is -0.481 e. The fraction of sp³-hybridized carbons (Fsp3) is 0.0556. The van der Waals surface area contributed by atoms with E-state index in [1.54, 1.807) is 42.5 Å². The minimum atomic E-state index is -0.937. The van der Waals surface area contributed by atoms with E-state index in [1.807, 2.05) is 0 Å². The highest BCUT2D eigenvalue weighted by molar-refractivity contribution is 8.27. The number of carboxylic acid groups (broad SMARTS) is 1. The molecule has 7 nitrogen and oxygen atoms in total. The van der Waals surface area contributed by atoms with E-state index in [9.17, 15) is 19.7 Å². The van der Waals surface area contributed by atoms with Gasteiger partial charge >= 0.3 is 5.97 Å². The molecule has 0 saturated carbocycles. The Labute approximate surface area is 163 Å². The zero-order valence-electron chi connectivity index (χ0n) is 13.7. The quantitative estimate of drug-likeness (QED) is 0.354. The lowest BCUT2D eigenvalue weighted by molar-refractivity contribution is -0.384. The van der Waals surface area contributed by atoms with Crippen LogP contribution in [0.3, 0.4) is 0 Å². The van der Waals surface area contributed by atoms with Crippen LogP contribution in [0.5, 0.6) is 0 Å². The van der Waals surface area contributed by atoms with Crippen LogP contribution in [0.4, 0.5) is 11.4 Å². The standard InChI is InChI=1S/C18H12N2O5S2/c21-16(22)10-11-4-6-13(7-5-11)19-17(23)15(27-18(19)26)9-12-2-1-3-14(8-12)20(24)25/h1-9H,10H2,(H,21,22)/b15-9-. The fourth-order valence-electron chi connectivity index (χ4n) is 2.51. The number of rotatable bonds is 5. The van der Waals surface area contributed by atoms with Crippen LogP contribution >= 0.6 is 24.0 Å². The van der Waals surface area contributed by atoms with Crippen LogP contribution in [0.2, 0.25) is 0 Å². The van der Waals surface area contributed by atoms with Crippen molar-refractivity contribution in [1.29, 1.82) is 0 Å². The molecule has 2 aromatic rings. The Kier molecular flexibility index (Phi) is 5.33. The summed E-state index contributed by atoms with van der Waals surface area (Å²) in [6.07, 6.45) is 1.45. The van der Waals surface area contributed by atoms with Crippen molar-refractivity contribution in [3.8, 4) is 0 Å². The van der Waals surface area contributed by atoms with Gasteiger partial charge in [0.1, 0.15) is 0 Å². The summed E-state index contributed by atoms with van der Waals surface area (Å²) in [5.74, 6) is -1.27. The zero-order valence-corrected chi connectivity index (χ0v) is 15.3. The Balaban J connectivity index is 1.85. The van der Waals surface area contributed by atoms with Crippen molar-refractivity contribution < 1.29 is 19.6 Å². The van der Waals surface area contributed by atoms with Crippen LogP contribution in [-0.4, -0.2) is 26.2 Å². The first-order valence-electron chi connectivity index (χ1n) is 7.68. The molecule has 1 aliphatic heterocycles. The van der Waals surface area contributed by atoms with E-state index in [2.05, 4.69) is 0 Å². The molecule has 1 aliphatic rings. The molecule has 1 N–H and O–H groups in total. The van der Waals surface area contributed by atoms with Gasteiger partial charge in [-0.1, -0.05) is 48.2 Å². The average molecular weight is 400 g/mol. The summed E-state index contributed by atoms with van der Waals surface area (Å²) in [4.78, 5) is 35.6. The van der Waals surface area contributed by atoms with Gasteiger partial charge in [-0.15, -0.1) is 0 Å². The van der Waals surface area contributed by atoms with Gasteiger partial charge in [-0.05, 0) is 29.3 Å². The van der Waals surface area contributed by atoms with Crippen molar-refractivity contribution in [3.63, 3.8) is 0 Å². The van der Waals surface area contributed by atoms with Gasteiger partial charge in [0.05, 0.1) is 21.9 Å². The number of hydrogen-bond acceptors (Lipinski definition) is 6. The number of thioether (sulfide) groups is 1. The lowest BCUT2D eigenvalue weighted by Crippen LogP contribution is -2.27. The Morgan fingerprint density at radius 3 is 2.59 bits per heavy atom. The summed E-state index contributed by atoms with van der Waals surface area (Å²) < 4.78 is 0.336. The SMILES string of the molecule is O=C(O)Cc1ccc(N2C(=O)/C(=C/c3cccc([N+](=O)[O-])c3)SC2=S)cc1. The number of carboxylic acids is 1. The monoisotopic (exact) mass is 400 g/mol. The van der Waals surface area contributed by atoms with Crippen molar-refractivity contribution >= 4 is 57.6 Å². The lowest BCUT2D eigenvalue weighted by Gasteiger charge is -2.14. The highest BCUT2D eigenvalue weighted by Crippen LogP contribution is 2.36. The summed E-state index contributed by atoms with van der Waals surface area (Å²) in [6, 6.07) is 12.5. The third-order valence-electron chi connectivity index (χ3n) is 3.72. The number of nitro groups is 1. The number of benzene rings is 2. The van der Waals surface area contributed by atoms with E-state index in [0.717, 1.165) is 11.8 Å². The number of non-ortho nitro benzene ring substituents is 1. The van der Waals surface area contributed by atoms with Crippen LogP contribution in [-0.2, 0) is 16.0 Å². The number of nitrogens with zero attached hydrogens (tertiary/aromatic N) is 2. The van der Waals surface area contributed by atoms with Gasteiger partial charge in [0, 0.05) is 12.1 Å². The molecule has 0 radical (unpaired) electrons. The Bertz CT molecular complexity index is 986. The van der Waals surface area contributed by atoms with Gasteiger partial charge in [-0.25, -0.2) is 0 Å². The first kappa shape index (κ1) is 18.7. The fourth-order valence-corrected chi connectivity index (χ4v) is 3.81. The molecule has 2 aromatic carbocycles. The predicted molar refractivity (Wildman–Crippen MR) is 107 cm³/mol. The average Bonchev–Trinajstić information content (AvgIpc) is 2.89. The summed E-state index contributed by atoms with van der Waals surface area (Å²) in [7, 11) is 0. The molecular weight excluding hydrogens is 388 g/mol.